The lowest BCUT2D eigenvalue weighted by molar-refractivity contribution is 0.102. The molecule has 4 aromatic rings. The second kappa shape index (κ2) is 8.85. The molecule has 0 unspecified atom stereocenters. The number of thiazole rings is 1. The highest BCUT2D eigenvalue weighted by molar-refractivity contribution is 7.89. The summed E-state index contributed by atoms with van der Waals surface area (Å²) in [5.74, 6) is -0.317. The number of anilines is 1. The van der Waals surface area contributed by atoms with Gasteiger partial charge in [-0.15, -0.1) is 0 Å². The number of fused-ring (bicyclic) bond motifs is 3. The average molecular weight is 480 g/mol. The molecule has 1 heterocycles. The number of benzene rings is 3. The number of carbonyl (C=O) groups is 1. The van der Waals surface area contributed by atoms with Crippen LogP contribution >= 0.6 is 11.3 Å². The Morgan fingerprint density at radius 1 is 1.00 bits per heavy atom. The Bertz CT molecular complexity index is 1420. The van der Waals surface area contributed by atoms with Crippen LogP contribution < -0.4 is 5.32 Å². The molecule has 170 valence electrons. The van der Waals surface area contributed by atoms with Crippen LogP contribution in [-0.4, -0.2) is 36.7 Å². The van der Waals surface area contributed by atoms with Gasteiger partial charge in [0.1, 0.15) is 0 Å². The molecule has 1 saturated carbocycles. The third-order valence-corrected chi connectivity index (χ3v) is 9.25. The van der Waals surface area contributed by atoms with E-state index < -0.39 is 10.0 Å². The van der Waals surface area contributed by atoms with E-state index in [1.165, 1.54) is 34.2 Å². The van der Waals surface area contributed by atoms with Crippen LogP contribution in [-0.2, 0) is 10.0 Å². The van der Waals surface area contributed by atoms with Crippen LogP contribution in [0.15, 0.2) is 65.6 Å². The smallest absolute Gasteiger partial charge is 0.257 e. The van der Waals surface area contributed by atoms with Crippen molar-refractivity contribution in [2.24, 2.45) is 0 Å². The summed E-state index contributed by atoms with van der Waals surface area (Å²) in [5, 5.41) is 5.51. The van der Waals surface area contributed by atoms with E-state index >= 15 is 0 Å². The van der Waals surface area contributed by atoms with Crippen molar-refractivity contribution in [3.63, 3.8) is 0 Å². The fourth-order valence-corrected chi connectivity index (χ4v) is 6.76. The van der Waals surface area contributed by atoms with Crippen molar-refractivity contribution in [3.8, 4) is 0 Å². The summed E-state index contributed by atoms with van der Waals surface area (Å²) in [6.45, 7) is 0. The minimum Gasteiger partial charge on any atom is -0.298 e. The first-order chi connectivity index (χ1) is 15.9. The van der Waals surface area contributed by atoms with Crippen LogP contribution in [0.5, 0.6) is 0 Å². The van der Waals surface area contributed by atoms with Gasteiger partial charge in [0.05, 0.1) is 15.1 Å². The molecule has 1 aliphatic carbocycles. The molecule has 0 radical (unpaired) electrons. The Morgan fingerprint density at radius 3 is 2.48 bits per heavy atom. The SMILES string of the molecule is CN(C1CCCCC1)S(=O)(=O)c1ccc(C(=O)Nc2nc3c(ccc4ccccc43)s2)cc1. The van der Waals surface area contributed by atoms with Gasteiger partial charge in [-0.3, -0.25) is 10.1 Å². The van der Waals surface area contributed by atoms with Gasteiger partial charge >= 0.3 is 0 Å². The molecule has 0 spiro atoms. The average Bonchev–Trinajstić information content (AvgIpc) is 3.27. The summed E-state index contributed by atoms with van der Waals surface area (Å²) in [6, 6.07) is 18.2. The van der Waals surface area contributed by atoms with Gasteiger partial charge in [-0.2, -0.15) is 4.31 Å². The van der Waals surface area contributed by atoms with Gasteiger partial charge in [0.15, 0.2) is 5.13 Å². The first-order valence-electron chi connectivity index (χ1n) is 11.1. The van der Waals surface area contributed by atoms with Crippen molar-refractivity contribution in [1.29, 1.82) is 0 Å². The number of amides is 1. The topological polar surface area (TPSA) is 79.4 Å². The Morgan fingerprint density at radius 2 is 1.73 bits per heavy atom. The van der Waals surface area contributed by atoms with Crippen LogP contribution in [0.4, 0.5) is 5.13 Å². The van der Waals surface area contributed by atoms with E-state index in [0.29, 0.717) is 10.7 Å². The van der Waals surface area contributed by atoms with Crippen molar-refractivity contribution < 1.29 is 13.2 Å². The lowest BCUT2D eigenvalue weighted by Crippen LogP contribution is -2.38. The summed E-state index contributed by atoms with van der Waals surface area (Å²) in [6.07, 6.45) is 5.08. The first kappa shape index (κ1) is 22.0. The summed E-state index contributed by atoms with van der Waals surface area (Å²) in [7, 11) is -1.93. The van der Waals surface area contributed by atoms with Crippen LogP contribution in [0.2, 0.25) is 0 Å². The van der Waals surface area contributed by atoms with E-state index in [9.17, 15) is 13.2 Å². The second-order valence-corrected chi connectivity index (χ2v) is 11.5. The molecule has 0 atom stereocenters. The molecular formula is C25H25N3O3S2. The van der Waals surface area contributed by atoms with Crippen LogP contribution in [0, 0.1) is 0 Å². The number of hydrogen-bond acceptors (Lipinski definition) is 5. The highest BCUT2D eigenvalue weighted by Gasteiger charge is 2.29. The van der Waals surface area contributed by atoms with Crippen molar-refractivity contribution in [3.05, 3.63) is 66.2 Å². The van der Waals surface area contributed by atoms with Crippen molar-refractivity contribution in [1.82, 2.24) is 9.29 Å². The van der Waals surface area contributed by atoms with Crippen molar-refractivity contribution in [2.75, 3.05) is 12.4 Å². The van der Waals surface area contributed by atoms with E-state index in [4.69, 9.17) is 0 Å². The first-order valence-corrected chi connectivity index (χ1v) is 13.4. The largest absolute Gasteiger partial charge is 0.298 e. The monoisotopic (exact) mass is 479 g/mol. The van der Waals surface area contributed by atoms with Gasteiger partial charge in [-0.05, 0) is 48.6 Å². The number of carbonyl (C=O) groups excluding carboxylic acids is 1. The van der Waals surface area contributed by atoms with Crippen LogP contribution in [0.3, 0.4) is 0 Å². The second-order valence-electron chi connectivity index (χ2n) is 8.44. The van der Waals surface area contributed by atoms with Gasteiger partial charge in [0, 0.05) is 24.0 Å². The van der Waals surface area contributed by atoms with E-state index in [-0.39, 0.29) is 16.8 Å². The maximum absolute atomic E-state index is 13.0. The Kier molecular flexibility index (Phi) is 5.90. The lowest BCUT2D eigenvalue weighted by Gasteiger charge is -2.30. The quantitative estimate of drug-likeness (QED) is 0.401. The predicted molar refractivity (Wildman–Crippen MR) is 133 cm³/mol. The highest BCUT2D eigenvalue weighted by Crippen LogP contribution is 2.32. The molecule has 3 aromatic carbocycles. The third-order valence-electron chi connectivity index (χ3n) is 6.39. The van der Waals surface area contributed by atoms with Gasteiger partial charge in [-0.1, -0.05) is 60.9 Å². The van der Waals surface area contributed by atoms with Crippen molar-refractivity contribution in [2.45, 2.75) is 43.0 Å². The Labute approximate surface area is 197 Å². The standard InChI is InChI=1S/C25H25N3O3S2/c1-28(19-8-3-2-4-9-19)33(30,31)20-14-11-18(12-15-20)24(29)27-25-26-23-21-10-6-5-7-17(21)13-16-22(23)32-25/h5-7,10-16,19H,2-4,8-9H2,1H3,(H,26,27,29). The molecule has 5 rings (SSSR count). The lowest BCUT2D eigenvalue weighted by atomic mass is 9.96. The number of aromatic nitrogens is 1. The molecule has 8 heteroatoms. The summed E-state index contributed by atoms with van der Waals surface area (Å²) in [4.78, 5) is 17.6. The predicted octanol–water partition coefficient (Wildman–Crippen LogP) is 5.66. The molecule has 6 nitrogen and oxygen atoms in total. The molecule has 1 fully saturated rings. The minimum absolute atomic E-state index is 0.0434. The number of rotatable bonds is 5. The zero-order valence-corrected chi connectivity index (χ0v) is 20.0. The van der Waals surface area contributed by atoms with Crippen LogP contribution in [0.1, 0.15) is 42.5 Å². The molecule has 1 N–H and O–H groups in total. The molecular weight excluding hydrogens is 454 g/mol. The zero-order valence-electron chi connectivity index (χ0n) is 18.3. The maximum Gasteiger partial charge on any atom is 0.257 e. The number of sulfonamides is 1. The van der Waals surface area contributed by atoms with E-state index in [2.05, 4.69) is 10.3 Å². The van der Waals surface area contributed by atoms with Gasteiger partial charge in [-0.25, -0.2) is 13.4 Å². The molecule has 0 aliphatic heterocycles. The number of nitrogens with one attached hydrogen (secondary N) is 1. The molecule has 1 aromatic heterocycles. The number of hydrogen-bond donors (Lipinski definition) is 1. The Balaban J connectivity index is 1.34. The molecule has 0 saturated heterocycles. The molecule has 0 bridgehead atoms. The molecule has 33 heavy (non-hydrogen) atoms. The Hall–Kier alpha value is -2.81. The minimum atomic E-state index is -3.59. The number of nitrogens with zero attached hydrogens (tertiary/aromatic N) is 2. The fraction of sp³-hybridized carbons (Fsp3) is 0.280. The van der Waals surface area contributed by atoms with Crippen LogP contribution in [0.25, 0.3) is 21.0 Å². The zero-order chi connectivity index (χ0) is 23.0. The fourth-order valence-electron chi connectivity index (χ4n) is 4.47. The molecule has 1 amide bonds. The van der Waals surface area contributed by atoms with E-state index in [1.807, 2.05) is 36.4 Å². The van der Waals surface area contributed by atoms with Gasteiger partial charge in [0.25, 0.3) is 5.91 Å². The highest BCUT2D eigenvalue weighted by atomic mass is 32.2. The normalized spacial score (nSPS) is 15.3. The van der Waals surface area contributed by atoms with E-state index in [0.717, 1.165) is 46.7 Å². The van der Waals surface area contributed by atoms with E-state index in [1.54, 1.807) is 19.2 Å². The maximum atomic E-state index is 13.0. The summed E-state index contributed by atoms with van der Waals surface area (Å²) in [5.41, 5.74) is 1.25. The third kappa shape index (κ3) is 4.26. The molecule has 1 aliphatic rings. The van der Waals surface area contributed by atoms with Gasteiger partial charge < -0.3 is 0 Å². The summed E-state index contributed by atoms with van der Waals surface area (Å²) < 4.78 is 28.5. The summed E-state index contributed by atoms with van der Waals surface area (Å²) >= 11 is 1.42. The van der Waals surface area contributed by atoms with Crippen molar-refractivity contribution >= 4 is 53.4 Å². The van der Waals surface area contributed by atoms with Gasteiger partial charge in [0.2, 0.25) is 10.0 Å².